The lowest BCUT2D eigenvalue weighted by molar-refractivity contribution is -0.152. The molecule has 10 nitrogen and oxygen atoms in total. The average molecular weight is 494 g/mol. The maximum Gasteiger partial charge on any atom is 0.310 e. The Bertz CT molecular complexity index is 1220. The van der Waals surface area contributed by atoms with E-state index in [4.69, 9.17) is 14.0 Å². The molecule has 36 heavy (non-hydrogen) atoms. The molecule has 0 bridgehead atoms. The third-order valence-electron chi connectivity index (χ3n) is 7.11. The predicted octanol–water partition coefficient (Wildman–Crippen LogP) is 3.31. The number of methoxy groups -OCH3 is 1. The molecule has 190 valence electrons. The highest BCUT2D eigenvalue weighted by atomic mass is 16.5. The summed E-state index contributed by atoms with van der Waals surface area (Å²) in [7, 11) is 1.63. The molecule has 0 aliphatic carbocycles. The van der Waals surface area contributed by atoms with Crippen molar-refractivity contribution in [1.29, 1.82) is 0 Å². The molecule has 0 unspecified atom stereocenters. The van der Waals surface area contributed by atoms with Crippen LogP contribution in [-0.4, -0.2) is 71.8 Å². The van der Waals surface area contributed by atoms with Gasteiger partial charge in [0.05, 0.1) is 19.6 Å². The fraction of sp³-hybridized carbons (Fsp3) is 0.500. The largest absolute Gasteiger partial charge is 0.497 e. The first-order valence-corrected chi connectivity index (χ1v) is 12.5. The minimum Gasteiger partial charge on any atom is -0.497 e. The summed E-state index contributed by atoms with van der Waals surface area (Å²) in [5, 5.41) is 5.04. The van der Waals surface area contributed by atoms with Crippen molar-refractivity contribution in [3.05, 3.63) is 30.6 Å². The van der Waals surface area contributed by atoms with Gasteiger partial charge in [-0.05, 0) is 56.9 Å². The molecule has 0 saturated carbocycles. The quantitative estimate of drug-likeness (QED) is 0.478. The van der Waals surface area contributed by atoms with Crippen molar-refractivity contribution >= 4 is 28.8 Å². The number of amides is 1. The van der Waals surface area contributed by atoms with Crippen LogP contribution in [0.4, 0.5) is 5.82 Å². The third-order valence-corrected chi connectivity index (χ3v) is 7.11. The number of ether oxygens (including phenoxy) is 2. The summed E-state index contributed by atoms with van der Waals surface area (Å²) in [6.07, 6.45) is 4.53. The lowest BCUT2D eigenvalue weighted by Crippen LogP contribution is -2.47. The van der Waals surface area contributed by atoms with Crippen LogP contribution in [0.3, 0.4) is 0 Å². The topological polar surface area (TPSA) is 111 Å². The Morgan fingerprint density at radius 1 is 1.06 bits per heavy atom. The van der Waals surface area contributed by atoms with E-state index in [1.165, 1.54) is 6.33 Å². The number of hydrogen-bond acceptors (Lipinski definition) is 9. The zero-order valence-corrected chi connectivity index (χ0v) is 20.7. The highest BCUT2D eigenvalue weighted by Crippen LogP contribution is 2.35. The number of aromatic nitrogens is 3. The Labute approximate surface area is 209 Å². The van der Waals surface area contributed by atoms with Gasteiger partial charge in [0.15, 0.2) is 0 Å². The van der Waals surface area contributed by atoms with Crippen LogP contribution in [0.25, 0.3) is 22.4 Å². The van der Waals surface area contributed by atoms with E-state index in [1.54, 1.807) is 7.11 Å². The summed E-state index contributed by atoms with van der Waals surface area (Å²) in [6.45, 7) is 4.70. The standard InChI is InChI=1S/C26H31N5O5/c1-3-35-26(33)19-5-4-12-31(15-19)25(32)18-10-13-30(14-11-18)23-21-22(29-36-24(21)28-16-27-23)17-6-8-20(34-2)9-7-17/h6-9,16,18-19H,3-5,10-15H2,1-2H3/t19-/m0/s1. The second-order valence-corrected chi connectivity index (χ2v) is 9.27. The molecule has 0 N–H and O–H groups in total. The normalized spacial score (nSPS) is 18.9. The maximum atomic E-state index is 13.3. The van der Waals surface area contributed by atoms with Gasteiger partial charge in [-0.15, -0.1) is 0 Å². The number of likely N-dealkylation sites (tertiary alicyclic amines) is 1. The molecule has 2 fully saturated rings. The molecule has 1 atom stereocenters. The monoisotopic (exact) mass is 493 g/mol. The van der Waals surface area contributed by atoms with Crippen LogP contribution in [0.1, 0.15) is 32.6 Å². The van der Waals surface area contributed by atoms with Crippen molar-refractivity contribution in [1.82, 2.24) is 20.0 Å². The molecule has 2 aromatic heterocycles. The van der Waals surface area contributed by atoms with E-state index in [0.717, 1.165) is 35.4 Å². The Hall–Kier alpha value is -3.69. The highest BCUT2D eigenvalue weighted by Gasteiger charge is 2.34. The predicted molar refractivity (Wildman–Crippen MR) is 132 cm³/mol. The van der Waals surface area contributed by atoms with Crippen LogP contribution >= 0.6 is 0 Å². The lowest BCUT2D eigenvalue weighted by Gasteiger charge is -2.37. The number of carbonyl (C=O) groups excluding carboxylic acids is 2. The molecule has 2 saturated heterocycles. The van der Waals surface area contributed by atoms with Crippen molar-refractivity contribution < 1.29 is 23.6 Å². The van der Waals surface area contributed by atoms with Gasteiger partial charge in [0.25, 0.3) is 5.71 Å². The van der Waals surface area contributed by atoms with E-state index in [1.807, 2.05) is 36.1 Å². The number of rotatable bonds is 6. The molecule has 1 amide bonds. The van der Waals surface area contributed by atoms with Crippen LogP contribution < -0.4 is 9.64 Å². The lowest BCUT2D eigenvalue weighted by atomic mass is 9.92. The van der Waals surface area contributed by atoms with Crippen molar-refractivity contribution in [2.45, 2.75) is 32.6 Å². The number of carbonyl (C=O) groups is 2. The SMILES string of the molecule is CCOC(=O)[C@H]1CCCN(C(=O)C2CCN(c3ncnc4onc(-c5ccc(OC)cc5)c34)CC2)C1. The van der Waals surface area contributed by atoms with Gasteiger partial charge >= 0.3 is 5.97 Å². The Kier molecular flexibility index (Phi) is 7.02. The van der Waals surface area contributed by atoms with Gasteiger partial charge in [0.2, 0.25) is 5.91 Å². The zero-order valence-electron chi connectivity index (χ0n) is 20.7. The van der Waals surface area contributed by atoms with Crippen LogP contribution in [0, 0.1) is 11.8 Å². The number of nitrogens with zero attached hydrogens (tertiary/aromatic N) is 5. The molecule has 2 aliphatic heterocycles. The number of anilines is 1. The van der Waals surface area contributed by atoms with Crippen molar-refractivity contribution in [3.8, 4) is 17.0 Å². The van der Waals surface area contributed by atoms with E-state index < -0.39 is 0 Å². The van der Waals surface area contributed by atoms with Gasteiger partial charge in [-0.1, -0.05) is 5.16 Å². The zero-order chi connectivity index (χ0) is 25.1. The highest BCUT2D eigenvalue weighted by molar-refractivity contribution is 5.98. The van der Waals surface area contributed by atoms with E-state index in [2.05, 4.69) is 20.0 Å². The number of esters is 1. The first-order chi connectivity index (χ1) is 17.6. The summed E-state index contributed by atoms with van der Waals surface area (Å²) in [5.41, 5.74) is 2.00. The molecule has 2 aliphatic rings. The first-order valence-electron chi connectivity index (χ1n) is 12.5. The van der Waals surface area contributed by atoms with Crippen LogP contribution in [0.2, 0.25) is 0 Å². The van der Waals surface area contributed by atoms with Gasteiger partial charge in [-0.2, -0.15) is 4.98 Å². The van der Waals surface area contributed by atoms with Crippen LogP contribution in [0.5, 0.6) is 5.75 Å². The average Bonchev–Trinajstić information content (AvgIpc) is 3.37. The molecule has 1 aromatic carbocycles. The number of piperidine rings is 2. The van der Waals surface area contributed by atoms with Crippen LogP contribution in [-0.2, 0) is 14.3 Å². The summed E-state index contributed by atoms with van der Waals surface area (Å²) < 4.78 is 16.0. The molecule has 3 aromatic rings. The second kappa shape index (κ2) is 10.5. The van der Waals surface area contributed by atoms with Crippen molar-refractivity contribution in [2.24, 2.45) is 11.8 Å². The second-order valence-electron chi connectivity index (χ2n) is 9.27. The molecule has 0 spiro atoms. The first kappa shape index (κ1) is 24.0. The molecular formula is C26H31N5O5. The van der Waals surface area contributed by atoms with E-state index in [-0.39, 0.29) is 23.7 Å². The Morgan fingerprint density at radius 2 is 1.83 bits per heavy atom. The van der Waals surface area contributed by atoms with Gasteiger partial charge in [-0.25, -0.2) is 4.98 Å². The number of benzene rings is 1. The van der Waals surface area contributed by atoms with Crippen LogP contribution in [0.15, 0.2) is 35.1 Å². The molecule has 4 heterocycles. The van der Waals surface area contributed by atoms with Gasteiger partial charge in [0.1, 0.15) is 29.0 Å². The van der Waals surface area contributed by atoms with E-state index >= 15 is 0 Å². The third kappa shape index (κ3) is 4.72. The van der Waals surface area contributed by atoms with E-state index in [9.17, 15) is 9.59 Å². The van der Waals surface area contributed by atoms with E-state index in [0.29, 0.717) is 57.0 Å². The Balaban J connectivity index is 1.29. The molecule has 0 radical (unpaired) electrons. The molecule has 10 heteroatoms. The van der Waals surface area contributed by atoms with Crippen molar-refractivity contribution in [2.75, 3.05) is 44.8 Å². The van der Waals surface area contributed by atoms with Gasteiger partial charge in [-0.3, -0.25) is 9.59 Å². The number of fused-ring (bicyclic) bond motifs is 1. The Morgan fingerprint density at radius 3 is 2.56 bits per heavy atom. The number of hydrogen-bond donors (Lipinski definition) is 0. The summed E-state index contributed by atoms with van der Waals surface area (Å²) in [4.78, 5) is 38.3. The minimum atomic E-state index is -0.220. The summed E-state index contributed by atoms with van der Waals surface area (Å²) >= 11 is 0. The fourth-order valence-corrected chi connectivity index (χ4v) is 5.18. The van der Waals surface area contributed by atoms with Gasteiger partial charge in [0, 0.05) is 37.7 Å². The van der Waals surface area contributed by atoms with Crippen molar-refractivity contribution in [3.63, 3.8) is 0 Å². The summed E-state index contributed by atoms with van der Waals surface area (Å²) in [5.74, 6) is 1.18. The molecule has 5 rings (SSSR count). The van der Waals surface area contributed by atoms with Gasteiger partial charge < -0.3 is 23.8 Å². The minimum absolute atomic E-state index is 0.0666. The summed E-state index contributed by atoms with van der Waals surface area (Å²) in [6, 6.07) is 7.62. The maximum absolute atomic E-state index is 13.3. The fourth-order valence-electron chi connectivity index (χ4n) is 5.18. The smallest absolute Gasteiger partial charge is 0.310 e. The molecular weight excluding hydrogens is 462 g/mol.